The van der Waals surface area contributed by atoms with Crippen molar-refractivity contribution in [3.05, 3.63) is 58.7 Å². The molecule has 3 rings (SSSR count). The Labute approximate surface area is 163 Å². The van der Waals surface area contributed by atoms with E-state index >= 15 is 0 Å². The van der Waals surface area contributed by atoms with Crippen LogP contribution in [0.2, 0.25) is 0 Å². The highest BCUT2D eigenvalue weighted by Crippen LogP contribution is 2.33. The summed E-state index contributed by atoms with van der Waals surface area (Å²) in [7, 11) is 0. The number of carbonyl (C=O) groups excluding carboxylic acids is 1. The maximum Gasteiger partial charge on any atom is 0.347 e. The summed E-state index contributed by atoms with van der Waals surface area (Å²) in [6.45, 7) is 6.86. The van der Waals surface area contributed by atoms with Crippen LogP contribution in [0.5, 0.6) is 17.2 Å². The van der Waals surface area contributed by atoms with Gasteiger partial charge in [-0.15, -0.1) is 0 Å². The molecule has 6 heteroatoms. The summed E-state index contributed by atoms with van der Waals surface area (Å²) in [5.41, 5.74) is 1.60. The molecule has 0 bridgehead atoms. The van der Waals surface area contributed by atoms with Crippen molar-refractivity contribution in [2.45, 2.75) is 33.3 Å². The number of aliphatic carboxylic acids is 1. The van der Waals surface area contributed by atoms with Gasteiger partial charge in [0.25, 0.3) is 0 Å². The van der Waals surface area contributed by atoms with Crippen LogP contribution in [0.25, 0.3) is 6.08 Å². The Morgan fingerprint density at radius 2 is 1.71 bits per heavy atom. The van der Waals surface area contributed by atoms with Crippen molar-refractivity contribution in [1.29, 1.82) is 0 Å². The number of aryl methyl sites for hydroxylation is 2. The molecule has 1 heterocycles. The summed E-state index contributed by atoms with van der Waals surface area (Å²) < 4.78 is 16.2. The molecular weight excluding hydrogens is 360 g/mol. The molecule has 146 valence electrons. The molecule has 0 unspecified atom stereocenters. The Hall–Kier alpha value is -3.28. The monoisotopic (exact) mass is 382 g/mol. The maximum atomic E-state index is 12.4. The molecule has 2 aromatic rings. The number of allylic oxidation sites excluding steroid dienone is 1. The van der Waals surface area contributed by atoms with Crippen molar-refractivity contribution in [3.8, 4) is 17.2 Å². The molecule has 0 atom stereocenters. The van der Waals surface area contributed by atoms with Crippen LogP contribution in [0, 0.1) is 13.8 Å². The zero-order chi connectivity index (χ0) is 20.5. The lowest BCUT2D eigenvalue weighted by atomic mass is 10.0. The molecule has 0 aliphatic carbocycles. The first-order valence-corrected chi connectivity index (χ1v) is 8.83. The lowest BCUT2D eigenvalue weighted by Gasteiger charge is -2.24. The lowest BCUT2D eigenvalue weighted by molar-refractivity contribution is -0.152. The second kappa shape index (κ2) is 7.38. The summed E-state index contributed by atoms with van der Waals surface area (Å²) in [6.07, 6.45) is 3.21. The quantitative estimate of drug-likeness (QED) is 0.596. The van der Waals surface area contributed by atoms with Crippen LogP contribution in [-0.4, -0.2) is 29.3 Å². The third kappa shape index (κ3) is 4.01. The maximum absolute atomic E-state index is 12.4. The van der Waals surface area contributed by atoms with Crippen LogP contribution in [0.3, 0.4) is 0 Å². The molecule has 0 fully saturated rings. The van der Waals surface area contributed by atoms with E-state index in [0.29, 0.717) is 22.8 Å². The van der Waals surface area contributed by atoms with E-state index in [2.05, 4.69) is 0 Å². The zero-order valence-electron chi connectivity index (χ0n) is 16.2. The van der Waals surface area contributed by atoms with Crippen molar-refractivity contribution < 1.29 is 28.9 Å². The molecule has 0 spiro atoms. The molecule has 28 heavy (non-hydrogen) atoms. The second-order valence-electron chi connectivity index (χ2n) is 7.17. The van der Waals surface area contributed by atoms with Crippen molar-refractivity contribution in [1.82, 2.24) is 0 Å². The zero-order valence-corrected chi connectivity index (χ0v) is 16.2. The molecular formula is C22H22O6. The highest BCUT2D eigenvalue weighted by molar-refractivity contribution is 6.07. The van der Waals surface area contributed by atoms with Crippen molar-refractivity contribution in [2.24, 2.45) is 0 Å². The van der Waals surface area contributed by atoms with Crippen molar-refractivity contribution >= 4 is 17.8 Å². The smallest absolute Gasteiger partial charge is 0.347 e. The molecule has 1 N–H and O–H groups in total. The first kappa shape index (κ1) is 19.5. The predicted molar refractivity (Wildman–Crippen MR) is 104 cm³/mol. The highest BCUT2D eigenvalue weighted by atomic mass is 16.7. The summed E-state index contributed by atoms with van der Waals surface area (Å²) in [6, 6.07) is 8.78. The van der Waals surface area contributed by atoms with E-state index in [1.807, 2.05) is 26.0 Å². The van der Waals surface area contributed by atoms with Gasteiger partial charge in [0.2, 0.25) is 6.79 Å². The van der Waals surface area contributed by atoms with Gasteiger partial charge in [0.1, 0.15) is 5.75 Å². The Morgan fingerprint density at radius 1 is 1.07 bits per heavy atom. The van der Waals surface area contributed by atoms with Gasteiger partial charge in [0.15, 0.2) is 22.9 Å². The number of carboxylic acid groups (broad SMARTS) is 1. The van der Waals surface area contributed by atoms with E-state index in [1.165, 1.54) is 19.9 Å². The van der Waals surface area contributed by atoms with Crippen LogP contribution in [0.4, 0.5) is 0 Å². The van der Waals surface area contributed by atoms with Gasteiger partial charge in [-0.2, -0.15) is 0 Å². The number of hydrogen-bond acceptors (Lipinski definition) is 5. The molecule has 0 amide bonds. The van der Waals surface area contributed by atoms with Crippen LogP contribution in [0.1, 0.15) is 40.9 Å². The van der Waals surface area contributed by atoms with Crippen molar-refractivity contribution in [3.63, 3.8) is 0 Å². The lowest BCUT2D eigenvalue weighted by Crippen LogP contribution is -2.38. The van der Waals surface area contributed by atoms with E-state index in [0.717, 1.165) is 16.7 Å². The average Bonchev–Trinajstić information content (AvgIpc) is 3.10. The molecule has 1 aliphatic rings. The number of ketones is 1. The Morgan fingerprint density at radius 3 is 2.36 bits per heavy atom. The minimum atomic E-state index is -1.33. The number of carboxylic acids is 1. The molecule has 1 aliphatic heterocycles. The van der Waals surface area contributed by atoms with Gasteiger partial charge in [-0.05, 0) is 80.8 Å². The summed E-state index contributed by atoms with van der Waals surface area (Å²) >= 11 is 0. The first-order chi connectivity index (χ1) is 13.2. The fraction of sp³-hybridized carbons (Fsp3) is 0.273. The highest BCUT2D eigenvalue weighted by Gasteiger charge is 2.30. The SMILES string of the molecule is Cc1cc(/C=C/C(=O)c2ccc3c(c2)OCO3)cc(C)c1OC(C)(C)C(=O)O. The van der Waals surface area contributed by atoms with Gasteiger partial charge in [0, 0.05) is 5.56 Å². The summed E-state index contributed by atoms with van der Waals surface area (Å²) in [5.74, 6) is 0.539. The van der Waals surface area contributed by atoms with E-state index in [-0.39, 0.29) is 12.6 Å². The number of hydrogen-bond donors (Lipinski definition) is 1. The summed E-state index contributed by atoms with van der Waals surface area (Å²) in [5, 5.41) is 9.26. The van der Waals surface area contributed by atoms with Crippen LogP contribution < -0.4 is 14.2 Å². The number of fused-ring (bicyclic) bond motifs is 1. The van der Waals surface area contributed by atoms with Gasteiger partial charge < -0.3 is 19.3 Å². The van der Waals surface area contributed by atoms with Crippen molar-refractivity contribution in [2.75, 3.05) is 6.79 Å². The summed E-state index contributed by atoms with van der Waals surface area (Å²) in [4.78, 5) is 23.8. The Bertz CT molecular complexity index is 948. The Kier molecular flexibility index (Phi) is 5.14. The normalized spacial score (nSPS) is 13.0. The topological polar surface area (TPSA) is 82.1 Å². The molecule has 0 aromatic heterocycles. The molecule has 0 radical (unpaired) electrons. The first-order valence-electron chi connectivity index (χ1n) is 8.83. The van der Waals surface area contributed by atoms with Gasteiger partial charge >= 0.3 is 5.97 Å². The number of rotatable bonds is 6. The number of benzene rings is 2. The predicted octanol–water partition coefficient (Wildman–Crippen LogP) is 4.17. The third-order valence-electron chi connectivity index (χ3n) is 4.44. The van der Waals surface area contributed by atoms with Crippen LogP contribution >= 0.6 is 0 Å². The second-order valence-corrected chi connectivity index (χ2v) is 7.17. The van der Waals surface area contributed by atoms with E-state index < -0.39 is 11.6 Å². The van der Waals surface area contributed by atoms with Gasteiger partial charge in [-0.25, -0.2) is 4.79 Å². The van der Waals surface area contributed by atoms with Gasteiger partial charge in [-0.3, -0.25) is 4.79 Å². The van der Waals surface area contributed by atoms with Crippen LogP contribution in [-0.2, 0) is 4.79 Å². The average molecular weight is 382 g/mol. The largest absolute Gasteiger partial charge is 0.478 e. The van der Waals surface area contributed by atoms with Gasteiger partial charge in [0.05, 0.1) is 0 Å². The van der Waals surface area contributed by atoms with Crippen LogP contribution in [0.15, 0.2) is 36.4 Å². The third-order valence-corrected chi connectivity index (χ3v) is 4.44. The van der Waals surface area contributed by atoms with Gasteiger partial charge in [-0.1, -0.05) is 6.08 Å². The molecule has 0 saturated carbocycles. The molecule has 2 aromatic carbocycles. The standard InChI is InChI=1S/C22H22O6/c1-13-9-15(10-14(2)20(13)28-22(3,4)21(24)25)5-7-17(23)16-6-8-18-19(11-16)27-12-26-18/h5-11H,12H2,1-4H3,(H,24,25)/b7-5+. The van der Waals surface area contributed by atoms with E-state index in [9.17, 15) is 14.7 Å². The number of ether oxygens (including phenoxy) is 3. The fourth-order valence-electron chi connectivity index (χ4n) is 2.86. The fourth-order valence-corrected chi connectivity index (χ4v) is 2.86. The minimum absolute atomic E-state index is 0.152. The van der Waals surface area contributed by atoms with E-state index in [4.69, 9.17) is 14.2 Å². The molecule has 6 nitrogen and oxygen atoms in total. The Balaban J connectivity index is 1.79. The molecule has 0 saturated heterocycles. The van der Waals surface area contributed by atoms with E-state index in [1.54, 1.807) is 24.3 Å². The number of carbonyl (C=O) groups is 2. The minimum Gasteiger partial charge on any atom is -0.478 e.